The molecule has 0 fully saturated rings. The second-order valence-electron chi connectivity index (χ2n) is 4.29. The number of aryl methyl sites for hydroxylation is 1. The standard InChI is InChI=1S/C15H16BrNO2S/c1-3-19-15(18)14(13-8-7-10(2)20-13)17-12-6-4-5-11(16)9-12/h4-9,14,17H,3H2,1-2H3. The molecule has 1 aromatic carbocycles. The normalized spacial score (nSPS) is 11.9. The zero-order valence-corrected chi connectivity index (χ0v) is 13.8. The van der Waals surface area contributed by atoms with Crippen LogP contribution in [-0.4, -0.2) is 12.6 Å². The van der Waals surface area contributed by atoms with Gasteiger partial charge in [-0.05, 0) is 44.2 Å². The molecule has 2 rings (SSSR count). The van der Waals surface area contributed by atoms with E-state index >= 15 is 0 Å². The van der Waals surface area contributed by atoms with Crippen molar-refractivity contribution in [3.8, 4) is 0 Å². The maximum Gasteiger partial charge on any atom is 0.334 e. The highest BCUT2D eigenvalue weighted by molar-refractivity contribution is 9.10. The molecule has 0 saturated carbocycles. The molecule has 0 saturated heterocycles. The molecule has 1 atom stereocenters. The van der Waals surface area contributed by atoms with E-state index in [0.29, 0.717) is 6.61 Å². The van der Waals surface area contributed by atoms with Crippen molar-refractivity contribution < 1.29 is 9.53 Å². The number of anilines is 1. The molecule has 1 aromatic heterocycles. The summed E-state index contributed by atoms with van der Waals surface area (Å²) in [7, 11) is 0. The first-order valence-corrected chi connectivity index (χ1v) is 7.96. The number of halogens is 1. The van der Waals surface area contributed by atoms with Gasteiger partial charge in [-0.3, -0.25) is 0 Å². The molecular weight excluding hydrogens is 338 g/mol. The van der Waals surface area contributed by atoms with E-state index in [1.165, 1.54) is 4.88 Å². The Bertz CT molecular complexity index is 597. The quantitative estimate of drug-likeness (QED) is 0.802. The summed E-state index contributed by atoms with van der Waals surface area (Å²) in [4.78, 5) is 14.3. The Hall–Kier alpha value is -1.33. The van der Waals surface area contributed by atoms with Gasteiger partial charge >= 0.3 is 5.97 Å². The van der Waals surface area contributed by atoms with Crippen LogP contribution >= 0.6 is 27.3 Å². The van der Waals surface area contributed by atoms with Gasteiger partial charge in [-0.1, -0.05) is 22.0 Å². The summed E-state index contributed by atoms with van der Waals surface area (Å²) in [6.07, 6.45) is 0. The van der Waals surface area contributed by atoms with E-state index in [2.05, 4.69) is 21.2 Å². The summed E-state index contributed by atoms with van der Waals surface area (Å²) in [6, 6.07) is 11.2. The number of hydrogen-bond donors (Lipinski definition) is 1. The van der Waals surface area contributed by atoms with Crippen LogP contribution in [0.3, 0.4) is 0 Å². The Morgan fingerprint density at radius 1 is 1.40 bits per heavy atom. The Morgan fingerprint density at radius 3 is 2.80 bits per heavy atom. The van der Waals surface area contributed by atoms with Crippen molar-refractivity contribution in [1.82, 2.24) is 0 Å². The fourth-order valence-corrected chi connectivity index (χ4v) is 3.14. The van der Waals surface area contributed by atoms with E-state index in [4.69, 9.17) is 4.74 Å². The van der Waals surface area contributed by atoms with Crippen molar-refractivity contribution in [3.63, 3.8) is 0 Å². The van der Waals surface area contributed by atoms with Gasteiger partial charge < -0.3 is 10.1 Å². The SMILES string of the molecule is CCOC(=O)C(Nc1cccc(Br)c1)c1ccc(C)s1. The van der Waals surface area contributed by atoms with Gasteiger partial charge in [-0.2, -0.15) is 0 Å². The minimum atomic E-state index is -0.469. The van der Waals surface area contributed by atoms with E-state index in [0.717, 1.165) is 15.0 Å². The van der Waals surface area contributed by atoms with Gasteiger partial charge in [0.25, 0.3) is 0 Å². The fourth-order valence-electron chi connectivity index (χ4n) is 1.83. The van der Waals surface area contributed by atoms with Crippen molar-refractivity contribution in [2.24, 2.45) is 0 Å². The predicted octanol–water partition coefficient (Wildman–Crippen LogP) is 4.54. The number of nitrogens with one attached hydrogen (secondary N) is 1. The maximum atomic E-state index is 12.2. The Labute approximate surface area is 131 Å². The summed E-state index contributed by atoms with van der Waals surface area (Å²) >= 11 is 5.03. The molecule has 1 unspecified atom stereocenters. The monoisotopic (exact) mass is 353 g/mol. The third kappa shape index (κ3) is 3.84. The number of ether oxygens (including phenoxy) is 1. The second-order valence-corrected chi connectivity index (χ2v) is 6.52. The van der Waals surface area contributed by atoms with Crippen molar-refractivity contribution >= 4 is 38.9 Å². The molecular formula is C15H16BrNO2S. The molecule has 0 aliphatic carbocycles. The number of benzene rings is 1. The number of esters is 1. The van der Waals surface area contributed by atoms with E-state index in [1.807, 2.05) is 50.2 Å². The molecule has 0 aliphatic heterocycles. The zero-order valence-electron chi connectivity index (χ0n) is 11.4. The number of carbonyl (C=O) groups is 1. The molecule has 3 nitrogen and oxygen atoms in total. The van der Waals surface area contributed by atoms with Gasteiger partial charge in [-0.25, -0.2) is 4.79 Å². The molecule has 0 amide bonds. The van der Waals surface area contributed by atoms with Crippen LogP contribution in [0.5, 0.6) is 0 Å². The van der Waals surface area contributed by atoms with Crippen molar-refractivity contribution in [3.05, 3.63) is 50.6 Å². The first-order chi connectivity index (χ1) is 9.60. The number of hydrogen-bond acceptors (Lipinski definition) is 4. The minimum absolute atomic E-state index is 0.255. The van der Waals surface area contributed by atoms with Crippen LogP contribution in [0.15, 0.2) is 40.9 Å². The lowest BCUT2D eigenvalue weighted by Gasteiger charge is -2.17. The van der Waals surface area contributed by atoms with Crippen LogP contribution in [-0.2, 0) is 9.53 Å². The zero-order chi connectivity index (χ0) is 14.5. The Balaban J connectivity index is 2.25. The molecule has 0 aliphatic rings. The third-order valence-corrected chi connectivity index (χ3v) is 4.26. The van der Waals surface area contributed by atoms with Crippen LogP contribution in [0.2, 0.25) is 0 Å². The highest BCUT2D eigenvalue weighted by Crippen LogP contribution is 2.28. The molecule has 0 radical (unpaired) electrons. The largest absolute Gasteiger partial charge is 0.464 e. The molecule has 0 bridgehead atoms. The van der Waals surface area contributed by atoms with E-state index < -0.39 is 6.04 Å². The number of thiophene rings is 1. The van der Waals surface area contributed by atoms with Gasteiger partial charge in [0.15, 0.2) is 6.04 Å². The summed E-state index contributed by atoms with van der Waals surface area (Å²) in [6.45, 7) is 4.21. The summed E-state index contributed by atoms with van der Waals surface area (Å²) < 4.78 is 6.13. The molecule has 2 aromatic rings. The van der Waals surface area contributed by atoms with Crippen molar-refractivity contribution in [1.29, 1.82) is 0 Å². The highest BCUT2D eigenvalue weighted by Gasteiger charge is 2.23. The van der Waals surface area contributed by atoms with Crippen LogP contribution in [0, 0.1) is 6.92 Å². The highest BCUT2D eigenvalue weighted by atomic mass is 79.9. The van der Waals surface area contributed by atoms with Gasteiger partial charge in [0.2, 0.25) is 0 Å². The topological polar surface area (TPSA) is 38.3 Å². The van der Waals surface area contributed by atoms with Crippen molar-refractivity contribution in [2.75, 3.05) is 11.9 Å². The van der Waals surface area contributed by atoms with Gasteiger partial charge in [0, 0.05) is 19.9 Å². The lowest BCUT2D eigenvalue weighted by atomic mass is 10.2. The summed E-state index contributed by atoms with van der Waals surface area (Å²) in [5, 5.41) is 3.24. The van der Waals surface area contributed by atoms with Crippen LogP contribution < -0.4 is 5.32 Å². The molecule has 5 heteroatoms. The third-order valence-electron chi connectivity index (χ3n) is 2.70. The molecule has 1 N–H and O–H groups in total. The first-order valence-electron chi connectivity index (χ1n) is 6.35. The Kier molecular flexibility index (Phi) is 5.20. The summed E-state index contributed by atoms with van der Waals surface area (Å²) in [5.41, 5.74) is 0.878. The summed E-state index contributed by atoms with van der Waals surface area (Å²) in [5.74, 6) is -0.255. The van der Waals surface area contributed by atoms with Crippen LogP contribution in [0.25, 0.3) is 0 Å². The minimum Gasteiger partial charge on any atom is -0.464 e. The second kappa shape index (κ2) is 6.90. The van der Waals surface area contributed by atoms with Crippen LogP contribution in [0.1, 0.15) is 22.7 Å². The van der Waals surface area contributed by atoms with Crippen molar-refractivity contribution in [2.45, 2.75) is 19.9 Å². The maximum absolute atomic E-state index is 12.2. The lowest BCUT2D eigenvalue weighted by molar-refractivity contribution is -0.144. The molecule has 0 spiro atoms. The fraction of sp³-hybridized carbons (Fsp3) is 0.267. The number of rotatable bonds is 5. The molecule has 20 heavy (non-hydrogen) atoms. The average molecular weight is 354 g/mol. The number of carbonyl (C=O) groups excluding carboxylic acids is 1. The smallest absolute Gasteiger partial charge is 0.334 e. The molecule has 1 heterocycles. The predicted molar refractivity (Wildman–Crippen MR) is 86.2 cm³/mol. The Morgan fingerprint density at radius 2 is 2.20 bits per heavy atom. The van der Waals surface area contributed by atoms with Gasteiger partial charge in [0.05, 0.1) is 6.61 Å². The van der Waals surface area contributed by atoms with E-state index in [-0.39, 0.29) is 5.97 Å². The van der Waals surface area contributed by atoms with Crippen LogP contribution in [0.4, 0.5) is 5.69 Å². The first kappa shape index (κ1) is 15.1. The average Bonchev–Trinajstić information content (AvgIpc) is 2.83. The van der Waals surface area contributed by atoms with E-state index in [1.54, 1.807) is 11.3 Å². The molecule has 106 valence electrons. The lowest BCUT2D eigenvalue weighted by Crippen LogP contribution is -2.22. The van der Waals surface area contributed by atoms with Gasteiger partial charge in [-0.15, -0.1) is 11.3 Å². The van der Waals surface area contributed by atoms with E-state index in [9.17, 15) is 4.79 Å². The van der Waals surface area contributed by atoms with Gasteiger partial charge in [0.1, 0.15) is 0 Å².